The standard InChI is InChI=1S/C17H19ClN4O3S/c18-12-5-1-2-6-13(12)21-17-22-14(10-26-17)16(24)20-9-15(23)19-8-11-4-3-7-25-11/h1-2,5-6,10-11H,3-4,7-9H2,(H,19,23)(H,20,24)(H,21,22)/t11-/m0/s1. The van der Waals surface area contributed by atoms with Crippen LogP contribution >= 0.6 is 22.9 Å². The van der Waals surface area contributed by atoms with Gasteiger partial charge in [-0.2, -0.15) is 0 Å². The topological polar surface area (TPSA) is 92.4 Å². The maximum absolute atomic E-state index is 12.1. The van der Waals surface area contributed by atoms with E-state index in [-0.39, 0.29) is 24.2 Å². The lowest BCUT2D eigenvalue weighted by Crippen LogP contribution is -2.40. The van der Waals surface area contributed by atoms with Gasteiger partial charge in [0.25, 0.3) is 5.91 Å². The molecule has 1 saturated heterocycles. The Hall–Kier alpha value is -2.16. The van der Waals surface area contributed by atoms with Gasteiger partial charge in [0, 0.05) is 18.5 Å². The summed E-state index contributed by atoms with van der Waals surface area (Å²) in [6.07, 6.45) is 2.05. The van der Waals surface area contributed by atoms with Crippen LogP contribution in [0.5, 0.6) is 0 Å². The molecule has 138 valence electrons. The molecule has 0 radical (unpaired) electrons. The van der Waals surface area contributed by atoms with Crippen LogP contribution in [0, 0.1) is 0 Å². The molecule has 0 spiro atoms. The minimum atomic E-state index is -0.402. The molecule has 1 aromatic carbocycles. The van der Waals surface area contributed by atoms with E-state index in [2.05, 4.69) is 20.9 Å². The van der Waals surface area contributed by atoms with Gasteiger partial charge < -0.3 is 20.7 Å². The molecule has 1 fully saturated rings. The van der Waals surface area contributed by atoms with Gasteiger partial charge in [-0.1, -0.05) is 23.7 Å². The number of ether oxygens (including phenoxy) is 1. The first-order valence-electron chi connectivity index (χ1n) is 8.25. The third kappa shape index (κ3) is 5.17. The average Bonchev–Trinajstić information content (AvgIpc) is 3.32. The molecular weight excluding hydrogens is 376 g/mol. The summed E-state index contributed by atoms with van der Waals surface area (Å²) in [5, 5.41) is 11.1. The van der Waals surface area contributed by atoms with E-state index in [1.54, 1.807) is 11.4 Å². The maximum atomic E-state index is 12.1. The maximum Gasteiger partial charge on any atom is 0.271 e. The van der Waals surface area contributed by atoms with E-state index in [0.29, 0.717) is 22.4 Å². The fourth-order valence-corrected chi connectivity index (χ4v) is 3.35. The number of carbonyl (C=O) groups excluding carboxylic acids is 2. The first-order chi connectivity index (χ1) is 12.6. The highest BCUT2D eigenvalue weighted by Crippen LogP contribution is 2.26. The Morgan fingerprint density at radius 3 is 2.92 bits per heavy atom. The molecule has 1 aromatic heterocycles. The van der Waals surface area contributed by atoms with Gasteiger partial charge in [0.15, 0.2) is 5.13 Å². The van der Waals surface area contributed by atoms with E-state index >= 15 is 0 Å². The van der Waals surface area contributed by atoms with Crippen molar-refractivity contribution < 1.29 is 14.3 Å². The molecule has 2 heterocycles. The number of para-hydroxylation sites is 1. The minimum Gasteiger partial charge on any atom is -0.376 e. The zero-order valence-electron chi connectivity index (χ0n) is 14.0. The normalized spacial score (nSPS) is 16.3. The van der Waals surface area contributed by atoms with Crippen molar-refractivity contribution in [3.8, 4) is 0 Å². The second-order valence-corrected chi connectivity index (χ2v) is 7.03. The molecular formula is C17H19ClN4O3S. The van der Waals surface area contributed by atoms with Gasteiger partial charge in [-0.3, -0.25) is 9.59 Å². The monoisotopic (exact) mass is 394 g/mol. The van der Waals surface area contributed by atoms with Crippen molar-refractivity contribution >= 4 is 45.6 Å². The molecule has 1 atom stereocenters. The molecule has 1 aliphatic rings. The van der Waals surface area contributed by atoms with Gasteiger partial charge >= 0.3 is 0 Å². The number of nitrogens with zero attached hydrogens (tertiary/aromatic N) is 1. The summed E-state index contributed by atoms with van der Waals surface area (Å²) in [6, 6.07) is 7.27. The fraction of sp³-hybridized carbons (Fsp3) is 0.353. The summed E-state index contributed by atoms with van der Waals surface area (Å²) in [6.45, 7) is 1.11. The molecule has 2 aromatic rings. The van der Waals surface area contributed by atoms with Crippen LogP contribution in [0.3, 0.4) is 0 Å². The van der Waals surface area contributed by atoms with Crippen molar-refractivity contribution in [3.63, 3.8) is 0 Å². The molecule has 0 aliphatic carbocycles. The summed E-state index contributed by atoms with van der Waals surface area (Å²) in [5.74, 6) is -0.653. The summed E-state index contributed by atoms with van der Waals surface area (Å²) in [7, 11) is 0. The van der Waals surface area contributed by atoms with E-state index in [9.17, 15) is 9.59 Å². The van der Waals surface area contributed by atoms with Crippen molar-refractivity contribution in [3.05, 3.63) is 40.4 Å². The summed E-state index contributed by atoms with van der Waals surface area (Å²) in [5.41, 5.74) is 0.959. The second-order valence-electron chi connectivity index (χ2n) is 5.76. The number of aromatic nitrogens is 1. The number of amides is 2. The van der Waals surface area contributed by atoms with Crippen molar-refractivity contribution in [1.29, 1.82) is 0 Å². The lowest BCUT2D eigenvalue weighted by atomic mass is 10.2. The molecule has 0 saturated carbocycles. The molecule has 3 N–H and O–H groups in total. The quantitative estimate of drug-likeness (QED) is 0.671. The van der Waals surface area contributed by atoms with E-state index in [1.807, 2.05) is 18.2 Å². The average molecular weight is 395 g/mol. The Balaban J connectivity index is 1.45. The number of anilines is 2. The van der Waals surface area contributed by atoms with Crippen LogP contribution in [0.4, 0.5) is 10.8 Å². The van der Waals surface area contributed by atoms with Gasteiger partial charge in [0.05, 0.1) is 23.4 Å². The largest absolute Gasteiger partial charge is 0.376 e. The first kappa shape index (κ1) is 18.6. The number of hydrogen-bond acceptors (Lipinski definition) is 6. The zero-order valence-corrected chi connectivity index (χ0v) is 15.5. The predicted octanol–water partition coefficient (Wildman–Crippen LogP) is 2.57. The number of nitrogens with one attached hydrogen (secondary N) is 3. The van der Waals surface area contributed by atoms with Gasteiger partial charge in [0.2, 0.25) is 5.91 Å². The number of benzene rings is 1. The molecule has 7 nitrogen and oxygen atoms in total. The van der Waals surface area contributed by atoms with E-state index < -0.39 is 5.91 Å². The van der Waals surface area contributed by atoms with Crippen molar-refractivity contribution in [2.24, 2.45) is 0 Å². The highest BCUT2D eigenvalue weighted by atomic mass is 35.5. The van der Waals surface area contributed by atoms with Gasteiger partial charge in [-0.15, -0.1) is 11.3 Å². The Morgan fingerprint density at radius 1 is 1.31 bits per heavy atom. The zero-order chi connectivity index (χ0) is 18.4. The van der Waals surface area contributed by atoms with Gasteiger partial charge in [0.1, 0.15) is 5.69 Å². The SMILES string of the molecule is O=C(CNC(=O)c1csc(Nc2ccccc2Cl)n1)NC[C@@H]1CCCO1. The van der Waals surface area contributed by atoms with Crippen LogP contribution in [-0.4, -0.2) is 42.6 Å². The molecule has 26 heavy (non-hydrogen) atoms. The van der Waals surface area contributed by atoms with Crippen LogP contribution in [0.2, 0.25) is 5.02 Å². The number of thiazole rings is 1. The highest BCUT2D eigenvalue weighted by Gasteiger charge is 2.17. The van der Waals surface area contributed by atoms with Gasteiger partial charge in [-0.05, 0) is 25.0 Å². The van der Waals surface area contributed by atoms with Crippen LogP contribution in [0.15, 0.2) is 29.6 Å². The number of rotatable bonds is 7. The molecule has 1 aliphatic heterocycles. The lowest BCUT2D eigenvalue weighted by molar-refractivity contribution is -0.120. The Kier molecular flexibility index (Phi) is 6.43. The first-order valence-corrected chi connectivity index (χ1v) is 9.51. The molecule has 2 amide bonds. The minimum absolute atomic E-state index is 0.0756. The van der Waals surface area contributed by atoms with Crippen LogP contribution < -0.4 is 16.0 Å². The summed E-state index contributed by atoms with van der Waals surface area (Å²) < 4.78 is 5.43. The Morgan fingerprint density at radius 2 is 2.15 bits per heavy atom. The third-order valence-corrected chi connectivity index (χ3v) is 4.90. The van der Waals surface area contributed by atoms with Gasteiger partial charge in [-0.25, -0.2) is 4.98 Å². The van der Waals surface area contributed by atoms with Crippen molar-refractivity contribution in [1.82, 2.24) is 15.6 Å². The Labute approximate surface area is 160 Å². The molecule has 3 rings (SSSR count). The van der Waals surface area contributed by atoms with Crippen LogP contribution in [0.25, 0.3) is 0 Å². The van der Waals surface area contributed by atoms with E-state index in [1.165, 1.54) is 11.3 Å². The van der Waals surface area contributed by atoms with Crippen molar-refractivity contribution in [2.75, 3.05) is 25.0 Å². The third-order valence-electron chi connectivity index (χ3n) is 3.81. The number of carbonyl (C=O) groups is 2. The Bertz CT molecular complexity index is 777. The molecule has 0 unspecified atom stereocenters. The van der Waals surface area contributed by atoms with Crippen LogP contribution in [0.1, 0.15) is 23.3 Å². The molecule has 0 bridgehead atoms. The summed E-state index contributed by atoms with van der Waals surface area (Å²) in [4.78, 5) is 28.1. The van der Waals surface area contributed by atoms with E-state index in [0.717, 1.165) is 19.4 Å². The van der Waals surface area contributed by atoms with Crippen molar-refractivity contribution in [2.45, 2.75) is 18.9 Å². The smallest absolute Gasteiger partial charge is 0.271 e. The second kappa shape index (κ2) is 8.98. The predicted molar refractivity (Wildman–Crippen MR) is 101 cm³/mol. The summed E-state index contributed by atoms with van der Waals surface area (Å²) >= 11 is 7.37. The number of hydrogen-bond donors (Lipinski definition) is 3. The number of halogens is 1. The molecule has 9 heteroatoms. The fourth-order valence-electron chi connectivity index (χ4n) is 2.46. The lowest BCUT2D eigenvalue weighted by Gasteiger charge is -2.10. The van der Waals surface area contributed by atoms with Crippen LogP contribution in [-0.2, 0) is 9.53 Å². The highest BCUT2D eigenvalue weighted by molar-refractivity contribution is 7.14. The van der Waals surface area contributed by atoms with E-state index in [4.69, 9.17) is 16.3 Å².